The zero-order chi connectivity index (χ0) is 18.4. The van der Waals surface area contributed by atoms with E-state index in [0.29, 0.717) is 38.5 Å². The fraction of sp³-hybridized carbons (Fsp3) is 0.588. The molecule has 0 bridgehead atoms. The molecule has 0 aromatic heterocycles. The number of carbonyl (C=O) groups excluding carboxylic acids is 1. The summed E-state index contributed by atoms with van der Waals surface area (Å²) < 4.78 is 32.0. The number of rotatable bonds is 7. The lowest BCUT2D eigenvalue weighted by atomic mass is 10.2. The van der Waals surface area contributed by atoms with E-state index in [9.17, 15) is 13.2 Å². The summed E-state index contributed by atoms with van der Waals surface area (Å²) in [6, 6.07) is 6.25. The molecule has 1 aliphatic heterocycles. The van der Waals surface area contributed by atoms with Crippen molar-refractivity contribution in [2.24, 2.45) is 0 Å². The Hall–Kier alpha value is -1.64. The van der Waals surface area contributed by atoms with Gasteiger partial charge in [-0.25, -0.2) is 8.42 Å². The van der Waals surface area contributed by atoms with Crippen LogP contribution in [0.2, 0.25) is 0 Å². The molecule has 1 saturated heterocycles. The number of quaternary nitrogens is 1. The molecule has 25 heavy (non-hydrogen) atoms. The molecule has 8 heteroatoms. The van der Waals surface area contributed by atoms with Gasteiger partial charge in [0.05, 0.1) is 38.2 Å². The lowest BCUT2D eigenvalue weighted by molar-refractivity contribution is -0.917. The van der Waals surface area contributed by atoms with Crippen LogP contribution in [-0.4, -0.2) is 64.5 Å². The number of piperazine rings is 1. The predicted octanol–water partition coefficient (Wildman–Crippen LogP) is -0.501. The van der Waals surface area contributed by atoms with E-state index in [4.69, 9.17) is 4.74 Å². The van der Waals surface area contributed by atoms with Crippen molar-refractivity contribution in [3.63, 3.8) is 0 Å². The summed E-state index contributed by atoms with van der Waals surface area (Å²) in [6.07, 6.45) is 0.904. The molecule has 7 nitrogen and oxygen atoms in total. The molecule has 0 radical (unpaired) electrons. The number of carbonyl (C=O) groups is 1. The minimum atomic E-state index is -3.51. The van der Waals surface area contributed by atoms with Crippen LogP contribution in [-0.2, 0) is 14.8 Å². The van der Waals surface area contributed by atoms with E-state index in [2.05, 4.69) is 5.32 Å². The number of amides is 1. The maximum Gasteiger partial charge on any atom is 0.278 e. The van der Waals surface area contributed by atoms with E-state index in [1.54, 1.807) is 31.4 Å². The predicted molar refractivity (Wildman–Crippen MR) is 95.2 cm³/mol. The highest BCUT2D eigenvalue weighted by molar-refractivity contribution is 7.89. The number of nitrogens with one attached hydrogen (secondary N) is 2. The molecule has 1 heterocycles. The Morgan fingerprint density at radius 3 is 2.40 bits per heavy atom. The normalized spacial score (nSPS) is 17.9. The molecule has 1 aromatic carbocycles. The summed E-state index contributed by atoms with van der Waals surface area (Å²) in [5.41, 5.74) is 0. The summed E-state index contributed by atoms with van der Waals surface area (Å²) in [5.74, 6) is 0.656. The van der Waals surface area contributed by atoms with E-state index in [-0.39, 0.29) is 16.8 Å². The van der Waals surface area contributed by atoms with Crippen LogP contribution in [0.5, 0.6) is 5.75 Å². The number of ether oxygens (including phenoxy) is 1. The lowest BCUT2D eigenvalue weighted by Crippen LogP contribution is -3.19. The third kappa shape index (κ3) is 4.71. The average Bonchev–Trinajstić information content (AvgIpc) is 2.65. The Morgan fingerprint density at radius 1 is 1.28 bits per heavy atom. The van der Waals surface area contributed by atoms with Crippen LogP contribution in [0.15, 0.2) is 29.2 Å². The standard InChI is InChI=1S/C17H27N3O4S/c1-4-9-18-17(21)14(2)19-10-12-20(13-11-19)25(22,23)16-7-5-15(24-3)6-8-16/h5-8,14H,4,9-13H2,1-3H3,(H,18,21)/p+1/t14-/m0/s1. The molecule has 0 saturated carbocycles. The first-order chi connectivity index (χ1) is 11.9. The molecular weight excluding hydrogens is 342 g/mol. The smallest absolute Gasteiger partial charge is 0.278 e. The molecule has 140 valence electrons. The lowest BCUT2D eigenvalue weighted by Gasteiger charge is -2.34. The molecular formula is C17H28N3O4S+. The fourth-order valence-corrected chi connectivity index (χ4v) is 4.37. The number of sulfonamides is 1. The summed E-state index contributed by atoms with van der Waals surface area (Å²) >= 11 is 0. The van der Waals surface area contributed by atoms with Crippen molar-refractivity contribution >= 4 is 15.9 Å². The number of nitrogens with zero attached hydrogens (tertiary/aromatic N) is 1. The number of methoxy groups -OCH3 is 1. The largest absolute Gasteiger partial charge is 0.497 e. The average molecular weight is 370 g/mol. The second-order valence-electron chi connectivity index (χ2n) is 6.25. The van der Waals surface area contributed by atoms with Crippen LogP contribution in [0.4, 0.5) is 0 Å². The minimum absolute atomic E-state index is 0.0308. The zero-order valence-electron chi connectivity index (χ0n) is 15.1. The van der Waals surface area contributed by atoms with E-state index in [0.717, 1.165) is 11.3 Å². The maximum atomic E-state index is 12.7. The van der Waals surface area contributed by atoms with Crippen LogP contribution in [0.25, 0.3) is 0 Å². The minimum Gasteiger partial charge on any atom is -0.497 e. The van der Waals surface area contributed by atoms with E-state index < -0.39 is 10.0 Å². The Labute approximate surface area is 150 Å². The Morgan fingerprint density at radius 2 is 1.88 bits per heavy atom. The van der Waals surface area contributed by atoms with Crippen LogP contribution >= 0.6 is 0 Å². The van der Waals surface area contributed by atoms with Crippen molar-refractivity contribution in [2.75, 3.05) is 39.8 Å². The van der Waals surface area contributed by atoms with Gasteiger partial charge in [-0.15, -0.1) is 0 Å². The topological polar surface area (TPSA) is 80.2 Å². The van der Waals surface area contributed by atoms with Crippen molar-refractivity contribution in [3.8, 4) is 5.75 Å². The molecule has 0 spiro atoms. The maximum absolute atomic E-state index is 12.7. The monoisotopic (exact) mass is 370 g/mol. The highest BCUT2D eigenvalue weighted by atomic mass is 32.2. The van der Waals surface area contributed by atoms with Crippen LogP contribution in [0.1, 0.15) is 20.3 Å². The number of hydrogen-bond acceptors (Lipinski definition) is 4. The van der Waals surface area contributed by atoms with Crippen molar-refractivity contribution in [1.29, 1.82) is 0 Å². The van der Waals surface area contributed by atoms with Gasteiger partial charge >= 0.3 is 0 Å². The van der Waals surface area contributed by atoms with Gasteiger partial charge in [-0.05, 0) is 37.6 Å². The third-order valence-corrected chi connectivity index (χ3v) is 6.53. The van der Waals surface area contributed by atoms with Crippen LogP contribution in [0.3, 0.4) is 0 Å². The fourth-order valence-electron chi connectivity index (χ4n) is 2.93. The zero-order valence-corrected chi connectivity index (χ0v) is 15.9. The van der Waals surface area contributed by atoms with Gasteiger partial charge in [0.25, 0.3) is 5.91 Å². The molecule has 0 unspecified atom stereocenters. The summed E-state index contributed by atoms with van der Waals surface area (Å²) in [6.45, 7) is 6.65. The summed E-state index contributed by atoms with van der Waals surface area (Å²) in [7, 11) is -1.96. The first-order valence-electron chi connectivity index (χ1n) is 8.66. The van der Waals surface area contributed by atoms with Gasteiger partial charge in [-0.3, -0.25) is 4.79 Å². The van der Waals surface area contributed by atoms with Crippen LogP contribution in [0, 0.1) is 0 Å². The molecule has 2 rings (SSSR count). The summed E-state index contributed by atoms with van der Waals surface area (Å²) in [4.78, 5) is 13.5. The molecule has 1 amide bonds. The van der Waals surface area contributed by atoms with Crippen molar-refractivity contribution in [2.45, 2.75) is 31.2 Å². The molecule has 1 fully saturated rings. The Balaban J connectivity index is 1.97. The van der Waals surface area contributed by atoms with Gasteiger partial charge in [0.15, 0.2) is 6.04 Å². The van der Waals surface area contributed by atoms with E-state index in [1.165, 1.54) is 4.31 Å². The van der Waals surface area contributed by atoms with Crippen LogP contribution < -0.4 is 15.0 Å². The third-order valence-electron chi connectivity index (χ3n) is 4.62. The first kappa shape index (κ1) is 19.7. The molecule has 1 aromatic rings. The Bertz CT molecular complexity index is 668. The van der Waals surface area contributed by atoms with Crippen molar-refractivity contribution in [1.82, 2.24) is 9.62 Å². The summed E-state index contributed by atoms with van der Waals surface area (Å²) in [5, 5.41) is 2.90. The Kier molecular flexibility index (Phi) is 6.80. The van der Waals surface area contributed by atoms with Gasteiger partial charge in [-0.2, -0.15) is 4.31 Å². The first-order valence-corrected chi connectivity index (χ1v) is 10.1. The molecule has 0 aliphatic carbocycles. The molecule has 2 N–H and O–H groups in total. The number of benzene rings is 1. The van der Waals surface area contributed by atoms with Gasteiger partial charge in [0, 0.05) is 6.54 Å². The van der Waals surface area contributed by atoms with Crippen molar-refractivity contribution in [3.05, 3.63) is 24.3 Å². The van der Waals surface area contributed by atoms with Gasteiger partial charge in [0.2, 0.25) is 10.0 Å². The van der Waals surface area contributed by atoms with Gasteiger partial charge in [0.1, 0.15) is 5.75 Å². The SMILES string of the molecule is CCCNC(=O)[C@H](C)[NH+]1CCN(S(=O)(=O)c2ccc(OC)cc2)CC1. The van der Waals surface area contributed by atoms with Crippen molar-refractivity contribution < 1.29 is 22.8 Å². The van der Waals surface area contributed by atoms with Gasteiger partial charge in [-0.1, -0.05) is 6.92 Å². The molecule has 1 atom stereocenters. The van der Waals surface area contributed by atoms with Gasteiger partial charge < -0.3 is 15.0 Å². The highest BCUT2D eigenvalue weighted by Crippen LogP contribution is 2.19. The second kappa shape index (κ2) is 8.64. The highest BCUT2D eigenvalue weighted by Gasteiger charge is 2.34. The molecule has 1 aliphatic rings. The number of hydrogen-bond donors (Lipinski definition) is 2. The quantitative estimate of drug-likeness (QED) is 0.678. The van der Waals surface area contributed by atoms with E-state index >= 15 is 0 Å². The van der Waals surface area contributed by atoms with E-state index in [1.807, 2.05) is 13.8 Å². The second-order valence-corrected chi connectivity index (χ2v) is 8.19.